The first-order valence-electron chi connectivity index (χ1n) is 3.39. The van der Waals surface area contributed by atoms with Crippen LogP contribution >= 0.6 is 0 Å². The van der Waals surface area contributed by atoms with E-state index in [-0.39, 0.29) is 30.8 Å². The molecule has 0 spiro atoms. The molecule has 0 rings (SSSR count). The summed E-state index contributed by atoms with van der Waals surface area (Å²) in [5.41, 5.74) is 0. The highest BCUT2D eigenvalue weighted by Crippen LogP contribution is 1.57. The Hall–Kier alpha value is -1.92. The monoisotopic (exact) mass is 363 g/mol. The minimum absolute atomic E-state index is 0. The third-order valence-electron chi connectivity index (χ3n) is 0. The molecular weight excluding hydrogens is 334 g/mol. The number of quaternary nitrogens is 5. The third-order valence-corrected chi connectivity index (χ3v) is 0. The molecule has 0 aromatic heterocycles. The van der Waals surface area contributed by atoms with Gasteiger partial charge in [0, 0.05) is 28.3 Å². The highest BCUT2D eigenvalue weighted by Gasteiger charge is 1.49. The van der Waals surface area contributed by atoms with Gasteiger partial charge < -0.3 is 69.6 Å². The molecule has 0 aliphatic heterocycles. The Labute approximate surface area is 128 Å². The van der Waals surface area contributed by atoms with Gasteiger partial charge in [-0.15, -0.1) is 0 Å². The molecular formula is C6H29N5O10S. The summed E-state index contributed by atoms with van der Waals surface area (Å²) in [6, 6.07) is 0. The van der Waals surface area contributed by atoms with Crippen molar-refractivity contribution in [1.29, 1.82) is 0 Å². The Bertz CT molecular complexity index is 284. The van der Waals surface area contributed by atoms with Gasteiger partial charge in [0.1, 0.15) is 0 Å². The largest absolute Gasteiger partial charge is 0.759 e. The molecule has 16 heteroatoms. The Kier molecular flexibility index (Phi) is 98.7. The van der Waals surface area contributed by atoms with Gasteiger partial charge >= 0.3 is 0 Å². The van der Waals surface area contributed by atoms with Gasteiger partial charge in [0.25, 0.3) is 0 Å². The molecule has 22 heavy (non-hydrogen) atoms. The van der Waals surface area contributed by atoms with Crippen molar-refractivity contribution in [2.75, 3.05) is 0 Å². The van der Waals surface area contributed by atoms with Crippen LogP contribution in [0.5, 0.6) is 0 Å². The average molecular weight is 363 g/mol. The molecule has 0 aliphatic carbocycles. The van der Waals surface area contributed by atoms with Crippen LogP contribution in [-0.2, 0) is 24.8 Å². The molecule has 0 bridgehead atoms. The molecule has 15 nitrogen and oxygen atoms in total. The fourth-order valence-electron chi connectivity index (χ4n) is 0. The Morgan fingerprint density at radius 3 is 0.591 bits per heavy atom. The van der Waals surface area contributed by atoms with Crippen LogP contribution in [0.4, 0.5) is 0 Å². The lowest BCUT2D eigenvalue weighted by molar-refractivity contribution is -0.303. The van der Waals surface area contributed by atoms with Gasteiger partial charge in [-0.05, 0) is 20.8 Å². The number of hydrogen-bond acceptors (Lipinski definition) is 10. The van der Waals surface area contributed by atoms with Gasteiger partial charge in [-0.2, -0.15) is 0 Å². The first-order chi connectivity index (χ1) is 7.20. The molecule has 0 saturated carbocycles. The van der Waals surface area contributed by atoms with Crippen LogP contribution in [0.3, 0.4) is 0 Å². The number of carboxylic acids is 3. The van der Waals surface area contributed by atoms with E-state index < -0.39 is 28.3 Å². The van der Waals surface area contributed by atoms with E-state index in [9.17, 15) is 0 Å². The number of carboxylic acid groups (broad SMARTS) is 3. The minimum atomic E-state index is -5.17. The van der Waals surface area contributed by atoms with Crippen molar-refractivity contribution in [3.8, 4) is 0 Å². The highest BCUT2D eigenvalue weighted by molar-refractivity contribution is 7.79. The van der Waals surface area contributed by atoms with E-state index in [2.05, 4.69) is 0 Å². The zero-order valence-corrected chi connectivity index (χ0v) is 14.8. The molecule has 0 aromatic rings. The van der Waals surface area contributed by atoms with E-state index in [4.69, 9.17) is 47.2 Å². The van der Waals surface area contributed by atoms with Gasteiger partial charge in [-0.3, -0.25) is 8.42 Å². The number of carbonyl (C=O) groups is 3. The van der Waals surface area contributed by atoms with E-state index in [1.165, 1.54) is 0 Å². The van der Waals surface area contributed by atoms with Crippen molar-refractivity contribution in [3.63, 3.8) is 0 Å². The van der Waals surface area contributed by atoms with Gasteiger partial charge in [0.2, 0.25) is 0 Å². The summed E-state index contributed by atoms with van der Waals surface area (Å²) in [5.74, 6) is -3.25. The molecule has 20 N–H and O–H groups in total. The molecule has 0 aliphatic rings. The molecule has 0 aromatic carbocycles. The summed E-state index contributed by atoms with van der Waals surface area (Å²) < 4.78 is 34.1. The van der Waals surface area contributed by atoms with E-state index in [0.717, 1.165) is 20.8 Å². The van der Waals surface area contributed by atoms with Crippen molar-refractivity contribution >= 4 is 28.3 Å². The average Bonchev–Trinajstić information content (AvgIpc) is 1.73. The lowest BCUT2D eigenvalue weighted by atomic mass is 10.9. The zero-order chi connectivity index (χ0) is 15.2. The van der Waals surface area contributed by atoms with E-state index in [0.29, 0.717) is 0 Å². The third kappa shape index (κ3) is 1430. The second kappa shape index (κ2) is 36.5. The van der Waals surface area contributed by atoms with Crippen LogP contribution < -0.4 is 46.1 Å². The van der Waals surface area contributed by atoms with Gasteiger partial charge in [0.05, 0.1) is 0 Å². The Morgan fingerprint density at radius 2 is 0.591 bits per heavy atom. The Balaban J connectivity index is -0.0000000137. The maximum absolute atomic E-state index is 8.89. The second-order valence-electron chi connectivity index (χ2n) is 1.88. The summed E-state index contributed by atoms with van der Waals surface area (Å²) in [7, 11) is -5.17. The van der Waals surface area contributed by atoms with Crippen molar-refractivity contribution in [3.05, 3.63) is 0 Å². The summed E-state index contributed by atoms with van der Waals surface area (Å²) in [6.07, 6.45) is 0. The first-order valence-corrected chi connectivity index (χ1v) is 4.72. The van der Waals surface area contributed by atoms with Crippen LogP contribution in [0, 0.1) is 0 Å². The van der Waals surface area contributed by atoms with Gasteiger partial charge in [-0.1, -0.05) is 0 Å². The summed E-state index contributed by atoms with van der Waals surface area (Å²) in [6.45, 7) is 2.92. The first kappa shape index (κ1) is 59.5. The van der Waals surface area contributed by atoms with Gasteiger partial charge in [-0.25, -0.2) is 0 Å². The molecule has 144 valence electrons. The number of hydrogen-bond donors (Lipinski definition) is 5. The van der Waals surface area contributed by atoms with Gasteiger partial charge in [0.15, 0.2) is 0 Å². The quantitative estimate of drug-likeness (QED) is 0.212. The van der Waals surface area contributed by atoms with Crippen LogP contribution in [-0.4, -0.2) is 35.4 Å². The predicted molar refractivity (Wildman–Crippen MR) is 72.4 cm³/mol. The Morgan fingerprint density at radius 1 is 0.591 bits per heavy atom. The second-order valence-corrected chi connectivity index (χ2v) is 2.70. The van der Waals surface area contributed by atoms with E-state index in [1.54, 1.807) is 0 Å². The van der Waals surface area contributed by atoms with Crippen molar-refractivity contribution < 1.29 is 47.2 Å². The van der Waals surface area contributed by atoms with Crippen LogP contribution in [0.15, 0.2) is 0 Å². The summed E-state index contributed by atoms with van der Waals surface area (Å²) >= 11 is 0. The molecule has 0 fully saturated rings. The minimum Gasteiger partial charge on any atom is -0.759 e. The smallest absolute Gasteiger partial charge is 0.0383 e. The molecule has 0 saturated heterocycles. The lowest BCUT2D eigenvalue weighted by Crippen LogP contribution is -2.16. The summed E-state index contributed by atoms with van der Waals surface area (Å²) in [5, 5.41) is 26.7. The van der Waals surface area contributed by atoms with Crippen molar-refractivity contribution in [2.24, 2.45) is 0 Å². The van der Waals surface area contributed by atoms with Crippen LogP contribution in [0.1, 0.15) is 20.8 Å². The van der Waals surface area contributed by atoms with Crippen LogP contribution in [0.2, 0.25) is 0 Å². The van der Waals surface area contributed by atoms with E-state index >= 15 is 0 Å². The molecule has 0 amide bonds. The summed E-state index contributed by atoms with van der Waals surface area (Å²) in [4.78, 5) is 26.7. The fourth-order valence-corrected chi connectivity index (χ4v) is 0. The normalized spacial score (nSPS) is 6.05. The van der Waals surface area contributed by atoms with E-state index in [1.807, 2.05) is 0 Å². The molecule has 0 radical (unpaired) electrons. The zero-order valence-electron chi connectivity index (χ0n) is 14.0. The van der Waals surface area contributed by atoms with Crippen LogP contribution in [0.25, 0.3) is 0 Å². The fraction of sp³-hybridized carbons (Fsp3) is 0.500. The maximum atomic E-state index is 8.89. The predicted octanol–water partition coefficient (Wildman–Crippen LogP) is -3.19. The molecule has 0 heterocycles. The topological polar surface area (TPSA) is 383 Å². The lowest BCUT2D eigenvalue weighted by Gasteiger charge is -2.06. The number of aliphatic carboxylic acids is 3. The standard InChI is InChI=1S/3C2H4O2.5H3N.H2O4S/c3*1-2(3)4;;;;;;1-5(2,3)4/h3*1H3,(H,3,4);5*1H3;(H2,1,2,3,4). The SMILES string of the molecule is CC(=O)[O-].CC(=O)[O-].CC(=O)[O-].O=S(=O)([O-])[O-].[NH4+].[NH4+].[NH4+].[NH4+].[NH4+]. The van der Waals surface area contributed by atoms with Crippen molar-refractivity contribution in [2.45, 2.75) is 20.8 Å². The van der Waals surface area contributed by atoms with Crippen molar-refractivity contribution in [1.82, 2.24) is 30.8 Å². The molecule has 0 unspecified atom stereocenters. The molecule has 0 atom stereocenters. The number of carbonyl (C=O) groups excluding carboxylic acids is 3. The highest BCUT2D eigenvalue weighted by atomic mass is 32.3. The maximum Gasteiger partial charge on any atom is 0.0383 e. The number of rotatable bonds is 0.